The average molecular weight is 505 g/mol. The first kappa shape index (κ1) is 25.3. The van der Waals surface area contributed by atoms with E-state index in [1.54, 1.807) is 36.3 Å². The molecule has 1 saturated heterocycles. The van der Waals surface area contributed by atoms with Crippen LogP contribution in [0, 0.1) is 0 Å². The van der Waals surface area contributed by atoms with Crippen LogP contribution < -0.4 is 19.1 Å². The zero-order valence-electron chi connectivity index (χ0n) is 20.5. The molecule has 0 unspecified atom stereocenters. The molecule has 1 heterocycles. The molecule has 1 amide bonds. The van der Waals surface area contributed by atoms with Gasteiger partial charge in [-0.05, 0) is 86.6 Å². The number of amides is 1. The summed E-state index contributed by atoms with van der Waals surface area (Å²) >= 11 is 1.29. The summed E-state index contributed by atoms with van der Waals surface area (Å²) in [5.41, 5.74) is 1.89. The Balaban J connectivity index is 1.61. The maximum absolute atomic E-state index is 13.5. The van der Waals surface area contributed by atoms with Crippen LogP contribution in [0.25, 0.3) is 0 Å². The summed E-state index contributed by atoms with van der Waals surface area (Å²) in [6.07, 6.45) is 0.0612. The minimum Gasteiger partial charge on any atom is -0.497 e. The van der Waals surface area contributed by atoms with Gasteiger partial charge in [-0.15, -0.1) is 0 Å². The van der Waals surface area contributed by atoms with E-state index in [4.69, 9.17) is 19.2 Å². The minimum absolute atomic E-state index is 0.0612. The Kier molecular flexibility index (Phi) is 8.28. The van der Waals surface area contributed by atoms with Crippen molar-refractivity contribution in [2.75, 3.05) is 25.2 Å². The molecule has 0 saturated carbocycles. The highest BCUT2D eigenvalue weighted by atomic mass is 32.2. The van der Waals surface area contributed by atoms with Crippen molar-refractivity contribution in [1.29, 1.82) is 0 Å². The SMILES string of the molecule is CCOc1ccc(N=C2S[C@@H](CC(=O)c3ccc(OC)cc3)C(=O)N2c2ccc(OCC)cc2)cc1. The molecule has 0 spiro atoms. The number of aliphatic imine (C=N–C) groups is 1. The largest absolute Gasteiger partial charge is 0.497 e. The third kappa shape index (κ3) is 5.88. The molecule has 8 heteroatoms. The zero-order valence-corrected chi connectivity index (χ0v) is 21.3. The van der Waals surface area contributed by atoms with E-state index in [-0.39, 0.29) is 18.1 Å². The van der Waals surface area contributed by atoms with Gasteiger partial charge in [0, 0.05) is 12.0 Å². The van der Waals surface area contributed by atoms with Crippen LogP contribution >= 0.6 is 11.8 Å². The Bertz CT molecular complexity index is 1220. The van der Waals surface area contributed by atoms with Gasteiger partial charge >= 0.3 is 0 Å². The summed E-state index contributed by atoms with van der Waals surface area (Å²) in [7, 11) is 1.57. The molecule has 7 nitrogen and oxygen atoms in total. The number of hydrogen-bond donors (Lipinski definition) is 0. The lowest BCUT2D eigenvalue weighted by Crippen LogP contribution is -2.32. The summed E-state index contributed by atoms with van der Waals surface area (Å²) in [6.45, 7) is 4.98. The van der Waals surface area contributed by atoms with Gasteiger partial charge in [0.25, 0.3) is 0 Å². The molecular formula is C28H28N2O5S. The first-order valence-corrected chi connectivity index (χ1v) is 12.6. The smallest absolute Gasteiger partial charge is 0.247 e. The van der Waals surface area contributed by atoms with Crippen molar-refractivity contribution in [1.82, 2.24) is 0 Å². The van der Waals surface area contributed by atoms with E-state index in [0.29, 0.717) is 41.1 Å². The molecule has 0 N–H and O–H groups in total. The molecule has 0 aliphatic carbocycles. The van der Waals surface area contributed by atoms with E-state index in [1.165, 1.54) is 11.8 Å². The standard InChI is InChI=1S/C28H28N2O5S/c1-4-34-23-14-8-20(9-15-23)29-28-30(21-10-16-24(17-11-21)35-5-2)27(32)26(36-28)18-25(31)19-6-12-22(33-3)13-7-19/h6-17,26H,4-5,18H2,1-3H3/t26-/m0/s1. The van der Waals surface area contributed by atoms with Crippen molar-refractivity contribution >= 4 is 40.0 Å². The minimum atomic E-state index is -0.590. The second-order valence-corrected chi connectivity index (χ2v) is 9.05. The van der Waals surface area contributed by atoms with Crippen molar-refractivity contribution in [2.24, 2.45) is 4.99 Å². The highest BCUT2D eigenvalue weighted by molar-refractivity contribution is 8.16. The van der Waals surface area contributed by atoms with Crippen molar-refractivity contribution in [3.63, 3.8) is 0 Å². The summed E-state index contributed by atoms with van der Waals surface area (Å²) in [5.74, 6) is 1.84. The molecule has 186 valence electrons. The van der Waals surface area contributed by atoms with Gasteiger partial charge in [-0.2, -0.15) is 0 Å². The number of amidine groups is 1. The third-order valence-corrected chi connectivity index (χ3v) is 6.63. The van der Waals surface area contributed by atoms with Crippen LogP contribution in [0.1, 0.15) is 30.6 Å². The van der Waals surface area contributed by atoms with E-state index < -0.39 is 5.25 Å². The highest BCUT2D eigenvalue weighted by Gasteiger charge is 2.40. The molecule has 0 bridgehead atoms. The fraction of sp³-hybridized carbons (Fsp3) is 0.250. The van der Waals surface area contributed by atoms with Gasteiger partial charge in [0.2, 0.25) is 5.91 Å². The number of benzene rings is 3. The van der Waals surface area contributed by atoms with Gasteiger partial charge < -0.3 is 14.2 Å². The molecule has 0 aromatic heterocycles. The number of anilines is 1. The number of rotatable bonds is 10. The Morgan fingerprint density at radius 1 is 0.861 bits per heavy atom. The monoisotopic (exact) mass is 504 g/mol. The number of hydrogen-bond acceptors (Lipinski definition) is 7. The number of thioether (sulfide) groups is 1. The van der Waals surface area contributed by atoms with Crippen LogP contribution in [0.15, 0.2) is 77.8 Å². The van der Waals surface area contributed by atoms with Crippen molar-refractivity contribution in [2.45, 2.75) is 25.5 Å². The fourth-order valence-corrected chi connectivity index (χ4v) is 4.88. The van der Waals surface area contributed by atoms with Gasteiger partial charge in [0.15, 0.2) is 11.0 Å². The molecular weight excluding hydrogens is 476 g/mol. The number of methoxy groups -OCH3 is 1. The van der Waals surface area contributed by atoms with Gasteiger partial charge in [0.05, 0.1) is 36.9 Å². The average Bonchev–Trinajstić information content (AvgIpc) is 3.20. The van der Waals surface area contributed by atoms with Crippen LogP contribution in [-0.4, -0.2) is 42.4 Å². The molecule has 4 rings (SSSR count). The first-order valence-electron chi connectivity index (χ1n) is 11.7. The second kappa shape index (κ2) is 11.8. The normalized spacial score (nSPS) is 16.3. The number of nitrogens with zero attached hydrogens (tertiary/aromatic N) is 2. The molecule has 0 radical (unpaired) electrons. The number of carbonyl (C=O) groups is 2. The number of ketones is 1. The van der Waals surface area contributed by atoms with E-state index in [2.05, 4.69) is 0 Å². The Labute approximate surface area is 215 Å². The first-order chi connectivity index (χ1) is 17.5. The molecule has 1 fully saturated rings. The van der Waals surface area contributed by atoms with E-state index >= 15 is 0 Å². The summed E-state index contributed by atoms with van der Waals surface area (Å²) in [4.78, 5) is 32.8. The molecule has 3 aromatic rings. The number of Topliss-reactive ketones (excluding diaryl/α,β-unsaturated/α-hetero) is 1. The predicted octanol–water partition coefficient (Wildman–Crippen LogP) is 5.90. The van der Waals surface area contributed by atoms with Crippen LogP contribution in [0.4, 0.5) is 11.4 Å². The Morgan fingerprint density at radius 2 is 1.42 bits per heavy atom. The fourth-order valence-electron chi connectivity index (χ4n) is 3.73. The van der Waals surface area contributed by atoms with E-state index in [0.717, 1.165) is 11.5 Å². The van der Waals surface area contributed by atoms with E-state index in [1.807, 2.05) is 62.4 Å². The van der Waals surface area contributed by atoms with Crippen LogP contribution in [-0.2, 0) is 4.79 Å². The van der Waals surface area contributed by atoms with Gasteiger partial charge in [-0.1, -0.05) is 11.8 Å². The zero-order chi connectivity index (χ0) is 25.5. The third-order valence-electron chi connectivity index (χ3n) is 5.50. The van der Waals surface area contributed by atoms with Crippen LogP contribution in [0.5, 0.6) is 17.2 Å². The van der Waals surface area contributed by atoms with Crippen molar-refractivity contribution in [3.8, 4) is 17.2 Å². The summed E-state index contributed by atoms with van der Waals surface area (Å²) in [5, 5.41) is -0.0755. The lowest BCUT2D eigenvalue weighted by molar-refractivity contribution is -0.116. The summed E-state index contributed by atoms with van der Waals surface area (Å²) in [6, 6.07) is 21.6. The second-order valence-electron chi connectivity index (χ2n) is 7.88. The number of carbonyl (C=O) groups excluding carboxylic acids is 2. The van der Waals surface area contributed by atoms with Crippen LogP contribution in [0.2, 0.25) is 0 Å². The molecule has 1 aliphatic rings. The van der Waals surface area contributed by atoms with Gasteiger partial charge in [0.1, 0.15) is 17.2 Å². The Hall–Kier alpha value is -3.78. The molecule has 1 atom stereocenters. The maximum atomic E-state index is 13.5. The topological polar surface area (TPSA) is 77.4 Å². The summed E-state index contributed by atoms with van der Waals surface area (Å²) < 4.78 is 16.2. The Morgan fingerprint density at radius 3 is 1.97 bits per heavy atom. The van der Waals surface area contributed by atoms with Gasteiger partial charge in [-0.25, -0.2) is 4.99 Å². The van der Waals surface area contributed by atoms with Crippen molar-refractivity contribution < 1.29 is 23.8 Å². The van der Waals surface area contributed by atoms with E-state index in [9.17, 15) is 9.59 Å². The van der Waals surface area contributed by atoms with Gasteiger partial charge in [-0.3, -0.25) is 14.5 Å². The molecule has 36 heavy (non-hydrogen) atoms. The highest BCUT2D eigenvalue weighted by Crippen LogP contribution is 2.36. The molecule has 1 aliphatic heterocycles. The van der Waals surface area contributed by atoms with Crippen LogP contribution in [0.3, 0.4) is 0 Å². The quantitative estimate of drug-likeness (QED) is 0.320. The lowest BCUT2D eigenvalue weighted by atomic mass is 10.1. The van der Waals surface area contributed by atoms with Crippen molar-refractivity contribution in [3.05, 3.63) is 78.4 Å². The maximum Gasteiger partial charge on any atom is 0.247 e. The molecule has 3 aromatic carbocycles. The predicted molar refractivity (Wildman–Crippen MR) is 143 cm³/mol. The lowest BCUT2D eigenvalue weighted by Gasteiger charge is -2.17. The number of ether oxygens (including phenoxy) is 3.